The summed E-state index contributed by atoms with van der Waals surface area (Å²) in [6.07, 6.45) is 0.774. The van der Waals surface area contributed by atoms with Crippen LogP contribution in [0.3, 0.4) is 0 Å². The van der Waals surface area contributed by atoms with Gasteiger partial charge in [-0.3, -0.25) is 9.52 Å². The quantitative estimate of drug-likeness (QED) is 0.675. The molecule has 0 aliphatic rings. The third-order valence-electron chi connectivity index (χ3n) is 3.61. The first-order chi connectivity index (χ1) is 12.9. The van der Waals surface area contributed by atoms with E-state index in [1.54, 1.807) is 19.1 Å². The number of amides is 1. The van der Waals surface area contributed by atoms with Gasteiger partial charge in [0.2, 0.25) is 0 Å². The zero-order valence-corrected chi connectivity index (χ0v) is 16.0. The van der Waals surface area contributed by atoms with Crippen molar-refractivity contribution in [2.45, 2.75) is 25.2 Å². The van der Waals surface area contributed by atoms with Gasteiger partial charge in [0, 0.05) is 12.1 Å². The summed E-state index contributed by atoms with van der Waals surface area (Å²) in [7, 11) is -4.00. The summed E-state index contributed by atoms with van der Waals surface area (Å²) in [4.78, 5) is 24.0. The van der Waals surface area contributed by atoms with Gasteiger partial charge in [-0.25, -0.2) is 13.2 Å². The highest BCUT2D eigenvalue weighted by Crippen LogP contribution is 2.21. The van der Waals surface area contributed by atoms with E-state index in [-0.39, 0.29) is 34.2 Å². The van der Waals surface area contributed by atoms with Gasteiger partial charge in [-0.15, -0.1) is 0 Å². The molecule has 0 aliphatic heterocycles. The van der Waals surface area contributed by atoms with Crippen LogP contribution in [-0.4, -0.2) is 33.4 Å². The van der Waals surface area contributed by atoms with Gasteiger partial charge in [0.25, 0.3) is 15.9 Å². The molecule has 0 spiro atoms. The lowest BCUT2D eigenvalue weighted by Gasteiger charge is -2.12. The number of anilines is 1. The predicted octanol–water partition coefficient (Wildman–Crippen LogP) is 2.80. The molecule has 0 bridgehead atoms. The SMILES string of the molecule is CCCNC(=O)c1cccc(S(=O)(=O)Nc2ccccc2C(=O)OCC)c1. The van der Waals surface area contributed by atoms with E-state index in [9.17, 15) is 18.0 Å². The van der Waals surface area contributed by atoms with Gasteiger partial charge in [-0.05, 0) is 43.7 Å². The van der Waals surface area contributed by atoms with Crippen molar-refractivity contribution in [1.82, 2.24) is 5.32 Å². The minimum absolute atomic E-state index is 0.0784. The molecule has 0 heterocycles. The van der Waals surface area contributed by atoms with Crippen LogP contribution in [0.25, 0.3) is 0 Å². The van der Waals surface area contributed by atoms with Crippen LogP contribution in [0.4, 0.5) is 5.69 Å². The first kappa shape index (κ1) is 20.4. The molecular formula is C19H22N2O5S. The van der Waals surface area contributed by atoms with E-state index < -0.39 is 16.0 Å². The Balaban J connectivity index is 2.30. The second kappa shape index (κ2) is 9.18. The van der Waals surface area contributed by atoms with E-state index in [1.807, 2.05) is 6.92 Å². The molecule has 144 valence electrons. The molecule has 2 aromatic rings. The molecule has 1 amide bonds. The largest absolute Gasteiger partial charge is 0.462 e. The molecule has 2 aromatic carbocycles. The van der Waals surface area contributed by atoms with E-state index in [4.69, 9.17) is 4.74 Å². The Kier molecular flexibility index (Phi) is 6.95. The summed E-state index contributed by atoms with van der Waals surface area (Å²) in [5, 5.41) is 2.70. The Bertz CT molecular complexity index is 925. The van der Waals surface area contributed by atoms with Gasteiger partial charge in [-0.1, -0.05) is 25.1 Å². The van der Waals surface area contributed by atoms with E-state index in [0.29, 0.717) is 6.54 Å². The lowest BCUT2D eigenvalue weighted by molar-refractivity contribution is 0.0527. The van der Waals surface area contributed by atoms with Crippen LogP contribution in [0.1, 0.15) is 41.0 Å². The molecule has 0 radical (unpaired) electrons. The van der Waals surface area contributed by atoms with Gasteiger partial charge in [-0.2, -0.15) is 0 Å². The fourth-order valence-corrected chi connectivity index (χ4v) is 3.43. The van der Waals surface area contributed by atoms with Gasteiger partial charge >= 0.3 is 5.97 Å². The van der Waals surface area contributed by atoms with Gasteiger partial charge in [0.15, 0.2) is 0 Å². The Morgan fingerprint density at radius 1 is 1.04 bits per heavy atom. The van der Waals surface area contributed by atoms with E-state index in [1.165, 1.54) is 36.4 Å². The van der Waals surface area contributed by atoms with Crippen molar-refractivity contribution in [2.24, 2.45) is 0 Å². The number of sulfonamides is 1. The standard InChI is InChI=1S/C19H22N2O5S/c1-3-12-20-18(22)14-8-7-9-15(13-14)27(24,25)21-17-11-6-5-10-16(17)19(23)26-4-2/h5-11,13,21H,3-4,12H2,1-2H3,(H,20,22). The zero-order chi connectivity index (χ0) is 19.9. The fourth-order valence-electron chi connectivity index (χ4n) is 2.31. The Morgan fingerprint density at radius 2 is 1.78 bits per heavy atom. The number of hydrogen-bond donors (Lipinski definition) is 2. The number of hydrogen-bond acceptors (Lipinski definition) is 5. The number of ether oxygens (including phenoxy) is 1. The van der Waals surface area contributed by atoms with Crippen molar-refractivity contribution >= 4 is 27.6 Å². The number of carbonyl (C=O) groups excluding carboxylic acids is 2. The monoisotopic (exact) mass is 390 g/mol. The summed E-state index contributed by atoms with van der Waals surface area (Å²) in [5.74, 6) is -0.968. The fraction of sp³-hybridized carbons (Fsp3) is 0.263. The summed E-state index contributed by atoms with van der Waals surface area (Å²) in [6.45, 7) is 4.27. The van der Waals surface area contributed by atoms with Crippen molar-refractivity contribution in [1.29, 1.82) is 0 Å². The number of carbonyl (C=O) groups is 2. The molecule has 0 unspecified atom stereocenters. The van der Waals surface area contributed by atoms with Crippen molar-refractivity contribution in [3.63, 3.8) is 0 Å². The highest BCUT2D eigenvalue weighted by Gasteiger charge is 2.20. The molecule has 0 saturated heterocycles. The van der Waals surface area contributed by atoms with Crippen molar-refractivity contribution < 1.29 is 22.7 Å². The van der Waals surface area contributed by atoms with Crippen molar-refractivity contribution in [3.05, 3.63) is 59.7 Å². The first-order valence-electron chi connectivity index (χ1n) is 8.56. The highest BCUT2D eigenvalue weighted by atomic mass is 32.2. The van der Waals surface area contributed by atoms with Crippen LogP contribution < -0.4 is 10.0 Å². The number of para-hydroxylation sites is 1. The van der Waals surface area contributed by atoms with Gasteiger partial charge < -0.3 is 10.1 Å². The average molecular weight is 390 g/mol. The summed E-state index contributed by atoms with van der Waals surface area (Å²) < 4.78 is 32.8. The number of benzene rings is 2. The topological polar surface area (TPSA) is 102 Å². The highest BCUT2D eigenvalue weighted by molar-refractivity contribution is 7.92. The number of nitrogens with one attached hydrogen (secondary N) is 2. The maximum Gasteiger partial charge on any atom is 0.340 e. The van der Waals surface area contributed by atoms with E-state index >= 15 is 0 Å². The third kappa shape index (κ3) is 5.30. The summed E-state index contributed by atoms with van der Waals surface area (Å²) in [5.41, 5.74) is 0.460. The number of esters is 1. The summed E-state index contributed by atoms with van der Waals surface area (Å²) in [6, 6.07) is 11.9. The smallest absolute Gasteiger partial charge is 0.340 e. The minimum atomic E-state index is -4.00. The third-order valence-corrected chi connectivity index (χ3v) is 4.97. The Morgan fingerprint density at radius 3 is 2.48 bits per heavy atom. The molecule has 0 fully saturated rings. The Hall–Kier alpha value is -2.87. The van der Waals surface area contributed by atoms with Crippen LogP contribution in [0.15, 0.2) is 53.4 Å². The van der Waals surface area contributed by atoms with Crippen LogP contribution in [0.5, 0.6) is 0 Å². The average Bonchev–Trinajstić information content (AvgIpc) is 2.66. The van der Waals surface area contributed by atoms with E-state index in [2.05, 4.69) is 10.0 Å². The number of rotatable bonds is 8. The van der Waals surface area contributed by atoms with E-state index in [0.717, 1.165) is 6.42 Å². The lowest BCUT2D eigenvalue weighted by atomic mass is 10.2. The minimum Gasteiger partial charge on any atom is -0.462 e. The van der Waals surface area contributed by atoms with Crippen LogP contribution >= 0.6 is 0 Å². The first-order valence-corrected chi connectivity index (χ1v) is 10.0. The molecular weight excluding hydrogens is 368 g/mol. The molecule has 0 aromatic heterocycles. The molecule has 2 N–H and O–H groups in total. The molecule has 0 aliphatic carbocycles. The molecule has 2 rings (SSSR count). The normalized spacial score (nSPS) is 10.9. The van der Waals surface area contributed by atoms with Crippen LogP contribution in [0, 0.1) is 0 Å². The lowest BCUT2D eigenvalue weighted by Crippen LogP contribution is -2.24. The molecule has 0 atom stereocenters. The zero-order valence-electron chi connectivity index (χ0n) is 15.2. The van der Waals surface area contributed by atoms with Gasteiger partial charge in [0.1, 0.15) is 0 Å². The van der Waals surface area contributed by atoms with Crippen molar-refractivity contribution in [2.75, 3.05) is 17.9 Å². The molecule has 8 heteroatoms. The summed E-state index contributed by atoms with van der Waals surface area (Å²) >= 11 is 0. The predicted molar refractivity (Wildman–Crippen MR) is 102 cm³/mol. The van der Waals surface area contributed by atoms with Crippen LogP contribution in [-0.2, 0) is 14.8 Å². The maximum absolute atomic E-state index is 12.7. The molecule has 7 nitrogen and oxygen atoms in total. The van der Waals surface area contributed by atoms with Crippen LogP contribution in [0.2, 0.25) is 0 Å². The second-order valence-electron chi connectivity index (χ2n) is 5.66. The maximum atomic E-state index is 12.7. The van der Waals surface area contributed by atoms with Crippen molar-refractivity contribution in [3.8, 4) is 0 Å². The second-order valence-corrected chi connectivity index (χ2v) is 7.34. The van der Waals surface area contributed by atoms with Gasteiger partial charge in [0.05, 0.1) is 22.8 Å². The molecule has 27 heavy (non-hydrogen) atoms. The molecule has 0 saturated carbocycles. The Labute approximate surface area is 158 Å².